The third kappa shape index (κ3) is 5.98. The van der Waals surface area contributed by atoms with E-state index in [1.54, 1.807) is 36.4 Å². The summed E-state index contributed by atoms with van der Waals surface area (Å²) in [5.41, 5.74) is 3.64. The van der Waals surface area contributed by atoms with E-state index in [1.165, 1.54) is 37.6 Å². The fourth-order valence-corrected chi connectivity index (χ4v) is 2.98. The smallest absolute Gasteiger partial charge is 0.343 e. The van der Waals surface area contributed by atoms with Gasteiger partial charge in [0.05, 0.1) is 28.9 Å². The number of hydrazone groups is 1. The third-order valence-electron chi connectivity index (χ3n) is 4.01. The molecule has 0 unspecified atom stereocenters. The molecule has 6 nitrogen and oxygen atoms in total. The SMILES string of the molecule is COc1cc(/C=N/NC(=O)c2cccc(Cl)c2)ccc1OC(=O)c1ccc(Cl)c(Cl)c1. The second-order valence-electron chi connectivity index (χ2n) is 6.14. The fourth-order valence-electron chi connectivity index (χ4n) is 2.49. The third-order valence-corrected chi connectivity index (χ3v) is 4.99. The minimum absolute atomic E-state index is 0.207. The molecular weight excluding hydrogens is 463 g/mol. The zero-order valence-electron chi connectivity index (χ0n) is 16.1. The van der Waals surface area contributed by atoms with E-state index in [1.807, 2.05) is 0 Å². The Balaban J connectivity index is 1.69. The minimum atomic E-state index is -0.618. The highest BCUT2D eigenvalue weighted by molar-refractivity contribution is 6.42. The van der Waals surface area contributed by atoms with Crippen LogP contribution in [0.1, 0.15) is 26.3 Å². The molecule has 3 aromatic rings. The van der Waals surface area contributed by atoms with Crippen LogP contribution in [0.3, 0.4) is 0 Å². The molecule has 0 saturated carbocycles. The number of carbonyl (C=O) groups is 2. The van der Waals surface area contributed by atoms with Crippen LogP contribution in [-0.4, -0.2) is 25.2 Å². The molecule has 9 heteroatoms. The molecule has 0 atom stereocenters. The molecule has 1 N–H and O–H groups in total. The molecule has 0 aliphatic heterocycles. The predicted octanol–water partition coefficient (Wildman–Crippen LogP) is 5.64. The number of nitrogens with zero attached hydrogens (tertiary/aromatic N) is 1. The Morgan fingerprint density at radius 2 is 1.71 bits per heavy atom. The van der Waals surface area contributed by atoms with Crippen molar-refractivity contribution in [3.8, 4) is 11.5 Å². The van der Waals surface area contributed by atoms with Crippen molar-refractivity contribution in [2.24, 2.45) is 5.10 Å². The predicted molar refractivity (Wildman–Crippen MR) is 121 cm³/mol. The van der Waals surface area contributed by atoms with Crippen LogP contribution in [0.15, 0.2) is 65.8 Å². The fraction of sp³-hybridized carbons (Fsp3) is 0.0455. The number of amides is 1. The van der Waals surface area contributed by atoms with Crippen molar-refractivity contribution >= 4 is 52.9 Å². The number of hydrogen-bond donors (Lipinski definition) is 1. The van der Waals surface area contributed by atoms with Crippen LogP contribution in [0, 0.1) is 0 Å². The van der Waals surface area contributed by atoms with E-state index in [4.69, 9.17) is 44.3 Å². The largest absolute Gasteiger partial charge is 0.493 e. The summed E-state index contributed by atoms with van der Waals surface area (Å²) in [4.78, 5) is 24.5. The number of nitrogens with one attached hydrogen (secondary N) is 1. The van der Waals surface area contributed by atoms with Gasteiger partial charge in [0.2, 0.25) is 0 Å². The molecular formula is C22H15Cl3N2O4. The van der Waals surface area contributed by atoms with Crippen LogP contribution in [0.5, 0.6) is 11.5 Å². The Hall–Kier alpha value is -3.06. The Morgan fingerprint density at radius 1 is 0.903 bits per heavy atom. The van der Waals surface area contributed by atoms with Crippen LogP contribution < -0.4 is 14.9 Å². The second-order valence-corrected chi connectivity index (χ2v) is 7.39. The first-order valence-electron chi connectivity index (χ1n) is 8.81. The van der Waals surface area contributed by atoms with Gasteiger partial charge in [0.15, 0.2) is 11.5 Å². The van der Waals surface area contributed by atoms with Gasteiger partial charge in [-0.25, -0.2) is 10.2 Å². The zero-order valence-corrected chi connectivity index (χ0v) is 18.3. The summed E-state index contributed by atoms with van der Waals surface area (Å²) in [6, 6.07) is 15.7. The van der Waals surface area contributed by atoms with Gasteiger partial charge < -0.3 is 9.47 Å². The number of hydrogen-bond acceptors (Lipinski definition) is 5. The minimum Gasteiger partial charge on any atom is -0.493 e. The van der Waals surface area contributed by atoms with Crippen LogP contribution >= 0.6 is 34.8 Å². The molecule has 0 bridgehead atoms. The quantitative estimate of drug-likeness (QED) is 0.216. The van der Waals surface area contributed by atoms with Gasteiger partial charge in [0, 0.05) is 10.6 Å². The van der Waals surface area contributed by atoms with E-state index < -0.39 is 11.9 Å². The molecule has 1 amide bonds. The van der Waals surface area contributed by atoms with Gasteiger partial charge in [-0.1, -0.05) is 40.9 Å². The van der Waals surface area contributed by atoms with Crippen molar-refractivity contribution < 1.29 is 19.1 Å². The summed E-state index contributed by atoms with van der Waals surface area (Å²) in [5.74, 6) is -0.512. The van der Waals surface area contributed by atoms with E-state index in [9.17, 15) is 9.59 Å². The van der Waals surface area contributed by atoms with Crippen LogP contribution in [0.2, 0.25) is 15.1 Å². The number of rotatable bonds is 6. The van der Waals surface area contributed by atoms with E-state index in [0.717, 1.165) is 0 Å². The topological polar surface area (TPSA) is 77.0 Å². The first-order chi connectivity index (χ1) is 14.9. The highest BCUT2D eigenvalue weighted by Crippen LogP contribution is 2.29. The number of ether oxygens (including phenoxy) is 2. The molecule has 0 saturated heterocycles. The zero-order chi connectivity index (χ0) is 22.4. The maximum absolute atomic E-state index is 12.4. The molecule has 0 heterocycles. The van der Waals surface area contributed by atoms with E-state index in [-0.39, 0.29) is 16.3 Å². The van der Waals surface area contributed by atoms with Gasteiger partial charge in [-0.3, -0.25) is 4.79 Å². The average molecular weight is 478 g/mol. The van der Waals surface area contributed by atoms with Gasteiger partial charge in [0.25, 0.3) is 5.91 Å². The lowest BCUT2D eigenvalue weighted by Crippen LogP contribution is -2.17. The Kier molecular flexibility index (Phi) is 7.52. The maximum Gasteiger partial charge on any atom is 0.343 e. The standard InChI is InChI=1S/C22H15Cl3N2O4/c1-30-20-9-13(12-26-27-21(28)14-3-2-4-16(23)10-14)5-8-19(20)31-22(29)15-6-7-17(24)18(25)11-15/h2-12H,1H3,(H,27,28)/b26-12+. The molecule has 0 aromatic heterocycles. The Morgan fingerprint density at radius 3 is 2.42 bits per heavy atom. The molecule has 0 fully saturated rings. The molecule has 0 radical (unpaired) electrons. The molecule has 3 rings (SSSR count). The second kappa shape index (κ2) is 10.3. The summed E-state index contributed by atoms with van der Waals surface area (Å²) in [5, 5.41) is 4.95. The van der Waals surface area contributed by atoms with Crippen LogP contribution in [-0.2, 0) is 0 Å². The van der Waals surface area contributed by atoms with Crippen molar-refractivity contribution in [1.82, 2.24) is 5.43 Å². The number of esters is 1. The van der Waals surface area contributed by atoms with Crippen LogP contribution in [0.25, 0.3) is 0 Å². The molecule has 31 heavy (non-hydrogen) atoms. The number of methoxy groups -OCH3 is 1. The summed E-state index contributed by atoms with van der Waals surface area (Å²) in [7, 11) is 1.44. The van der Waals surface area contributed by atoms with Crippen molar-refractivity contribution in [2.45, 2.75) is 0 Å². The summed E-state index contributed by atoms with van der Waals surface area (Å²) >= 11 is 17.7. The number of halogens is 3. The van der Waals surface area contributed by atoms with Gasteiger partial charge in [0.1, 0.15) is 0 Å². The first kappa shape index (κ1) is 22.6. The molecule has 3 aromatic carbocycles. The van der Waals surface area contributed by atoms with Gasteiger partial charge in [-0.2, -0.15) is 5.10 Å². The van der Waals surface area contributed by atoms with Gasteiger partial charge >= 0.3 is 5.97 Å². The summed E-state index contributed by atoms with van der Waals surface area (Å²) in [6.45, 7) is 0. The number of carbonyl (C=O) groups excluding carboxylic acids is 2. The lowest BCUT2D eigenvalue weighted by molar-refractivity contribution is 0.0729. The lowest BCUT2D eigenvalue weighted by Gasteiger charge is -2.10. The molecule has 0 aliphatic carbocycles. The number of benzene rings is 3. The average Bonchev–Trinajstić information content (AvgIpc) is 2.76. The monoisotopic (exact) mass is 476 g/mol. The molecule has 0 aliphatic rings. The van der Waals surface area contributed by atoms with E-state index in [0.29, 0.717) is 26.9 Å². The van der Waals surface area contributed by atoms with Gasteiger partial charge in [-0.15, -0.1) is 0 Å². The molecule has 158 valence electrons. The van der Waals surface area contributed by atoms with E-state index >= 15 is 0 Å². The Bertz CT molecular complexity index is 1170. The maximum atomic E-state index is 12.4. The van der Waals surface area contributed by atoms with Crippen molar-refractivity contribution in [2.75, 3.05) is 7.11 Å². The highest BCUT2D eigenvalue weighted by atomic mass is 35.5. The Labute approximate surface area is 193 Å². The normalized spacial score (nSPS) is 10.7. The summed E-state index contributed by atoms with van der Waals surface area (Å²) in [6.07, 6.45) is 1.43. The van der Waals surface area contributed by atoms with Gasteiger partial charge in [-0.05, 0) is 60.2 Å². The van der Waals surface area contributed by atoms with Crippen molar-refractivity contribution in [1.29, 1.82) is 0 Å². The van der Waals surface area contributed by atoms with Crippen molar-refractivity contribution in [3.63, 3.8) is 0 Å². The van der Waals surface area contributed by atoms with Crippen molar-refractivity contribution in [3.05, 3.63) is 92.4 Å². The summed E-state index contributed by atoms with van der Waals surface area (Å²) < 4.78 is 10.7. The molecule has 0 spiro atoms. The van der Waals surface area contributed by atoms with Crippen LogP contribution in [0.4, 0.5) is 0 Å². The lowest BCUT2D eigenvalue weighted by atomic mass is 10.2. The highest BCUT2D eigenvalue weighted by Gasteiger charge is 2.14. The van der Waals surface area contributed by atoms with E-state index in [2.05, 4.69) is 10.5 Å². The first-order valence-corrected chi connectivity index (χ1v) is 9.95.